The highest BCUT2D eigenvalue weighted by Gasteiger charge is 2.25. The highest BCUT2D eigenvalue weighted by atomic mass is 35.5. The minimum absolute atomic E-state index is 0.109. The Morgan fingerprint density at radius 2 is 1.87 bits per heavy atom. The molecule has 0 saturated heterocycles. The van der Waals surface area contributed by atoms with E-state index in [0.717, 1.165) is 53.8 Å². The van der Waals surface area contributed by atoms with Gasteiger partial charge in [-0.2, -0.15) is 0 Å². The Labute approximate surface area is 186 Å². The van der Waals surface area contributed by atoms with Crippen LogP contribution < -0.4 is 10.6 Å². The van der Waals surface area contributed by atoms with Gasteiger partial charge in [-0.3, -0.25) is 9.78 Å². The summed E-state index contributed by atoms with van der Waals surface area (Å²) < 4.78 is 0. The fraction of sp³-hybridized carbons (Fsp3) is 0.455. The Hall–Kier alpha value is -2.71. The van der Waals surface area contributed by atoms with Gasteiger partial charge in [0.15, 0.2) is 5.65 Å². The molecule has 0 radical (unpaired) electrons. The third-order valence-electron chi connectivity index (χ3n) is 5.79. The molecule has 8 nitrogen and oxygen atoms in total. The molecular formula is C22H28ClN7O. The molecule has 9 heteroatoms. The number of anilines is 1. The lowest BCUT2D eigenvalue weighted by Crippen LogP contribution is -2.48. The standard InChI is InChI=1S/C22H28ClN7O/c1-13(22(31)30(2)3)27-15-4-6-16(7-5-15)28-19-11-14(10-18(23)29-19)17-12-26-21-20(17)24-8-9-25-21/h8-13,15-16,27H,4-7H2,1-3H3,(H,25,26)(H,28,29)/t13-,15?,16?/m0/s1. The van der Waals surface area contributed by atoms with E-state index in [9.17, 15) is 4.79 Å². The number of hydrogen-bond donors (Lipinski definition) is 3. The van der Waals surface area contributed by atoms with E-state index in [1.165, 1.54) is 0 Å². The van der Waals surface area contributed by atoms with Crippen LogP contribution in [-0.4, -0.2) is 63.0 Å². The van der Waals surface area contributed by atoms with E-state index in [1.54, 1.807) is 31.4 Å². The molecule has 1 fully saturated rings. The Balaban J connectivity index is 1.40. The van der Waals surface area contributed by atoms with E-state index in [0.29, 0.717) is 17.2 Å². The van der Waals surface area contributed by atoms with Gasteiger partial charge < -0.3 is 20.5 Å². The van der Waals surface area contributed by atoms with Crippen LogP contribution in [0.5, 0.6) is 0 Å². The number of nitrogens with one attached hydrogen (secondary N) is 3. The van der Waals surface area contributed by atoms with Crippen LogP contribution in [0, 0.1) is 0 Å². The van der Waals surface area contributed by atoms with Crippen molar-refractivity contribution in [3.63, 3.8) is 0 Å². The predicted octanol–water partition coefficient (Wildman–Crippen LogP) is 3.46. The summed E-state index contributed by atoms with van der Waals surface area (Å²) in [5.74, 6) is 0.867. The molecule has 3 N–H and O–H groups in total. The number of likely N-dealkylation sites (N-methyl/N-ethyl adjacent to an activating group) is 1. The summed E-state index contributed by atoms with van der Waals surface area (Å²) in [5.41, 5.74) is 3.44. The summed E-state index contributed by atoms with van der Waals surface area (Å²) in [6, 6.07) is 4.35. The molecule has 1 atom stereocenters. The van der Waals surface area contributed by atoms with E-state index < -0.39 is 0 Å². The SMILES string of the molecule is C[C@H](NC1CCC(Nc2cc(-c3c[nH]c4nccnc34)cc(Cl)n2)CC1)C(=O)N(C)C. The summed E-state index contributed by atoms with van der Waals surface area (Å²) in [6.45, 7) is 1.93. The number of amides is 1. The zero-order valence-corrected chi connectivity index (χ0v) is 18.8. The number of carbonyl (C=O) groups is 1. The van der Waals surface area contributed by atoms with Gasteiger partial charge >= 0.3 is 0 Å². The molecule has 164 valence electrons. The monoisotopic (exact) mass is 441 g/mol. The second kappa shape index (κ2) is 9.20. The number of rotatable bonds is 6. The number of pyridine rings is 1. The van der Waals surface area contributed by atoms with Crippen molar-refractivity contribution in [1.29, 1.82) is 0 Å². The first-order valence-corrected chi connectivity index (χ1v) is 11.0. The maximum atomic E-state index is 12.1. The number of carbonyl (C=O) groups excluding carboxylic acids is 1. The van der Waals surface area contributed by atoms with Crippen molar-refractivity contribution in [2.45, 2.75) is 50.7 Å². The zero-order valence-electron chi connectivity index (χ0n) is 18.0. The van der Waals surface area contributed by atoms with Gasteiger partial charge in [-0.15, -0.1) is 0 Å². The third kappa shape index (κ3) is 4.97. The minimum Gasteiger partial charge on any atom is -0.367 e. The predicted molar refractivity (Wildman–Crippen MR) is 123 cm³/mol. The highest BCUT2D eigenvalue weighted by Crippen LogP contribution is 2.30. The fourth-order valence-electron chi connectivity index (χ4n) is 4.22. The van der Waals surface area contributed by atoms with Crippen molar-refractivity contribution in [3.05, 3.63) is 35.9 Å². The Kier molecular flexibility index (Phi) is 6.38. The van der Waals surface area contributed by atoms with Gasteiger partial charge in [0.1, 0.15) is 16.5 Å². The molecule has 0 unspecified atom stereocenters. The molecule has 3 aromatic rings. The molecule has 0 aromatic carbocycles. The fourth-order valence-corrected chi connectivity index (χ4v) is 4.43. The summed E-state index contributed by atoms with van der Waals surface area (Å²) in [7, 11) is 3.58. The van der Waals surface area contributed by atoms with Gasteiger partial charge in [0.25, 0.3) is 0 Å². The van der Waals surface area contributed by atoms with Crippen molar-refractivity contribution in [3.8, 4) is 11.1 Å². The van der Waals surface area contributed by atoms with E-state index >= 15 is 0 Å². The van der Waals surface area contributed by atoms with Crippen LogP contribution in [0.15, 0.2) is 30.7 Å². The van der Waals surface area contributed by atoms with Gasteiger partial charge in [-0.1, -0.05) is 11.6 Å². The van der Waals surface area contributed by atoms with Crippen LogP contribution in [-0.2, 0) is 4.79 Å². The Morgan fingerprint density at radius 3 is 2.61 bits per heavy atom. The molecule has 0 spiro atoms. The van der Waals surface area contributed by atoms with Crippen molar-refractivity contribution >= 4 is 34.5 Å². The number of H-pyrrole nitrogens is 1. The van der Waals surface area contributed by atoms with Crippen molar-refractivity contribution < 1.29 is 4.79 Å². The molecular weight excluding hydrogens is 414 g/mol. The largest absolute Gasteiger partial charge is 0.367 e. The molecule has 0 bridgehead atoms. The first-order chi connectivity index (χ1) is 14.9. The molecule has 1 aliphatic rings. The Morgan fingerprint density at radius 1 is 1.16 bits per heavy atom. The molecule has 0 aliphatic heterocycles. The van der Waals surface area contributed by atoms with Crippen LogP contribution in [0.3, 0.4) is 0 Å². The van der Waals surface area contributed by atoms with Gasteiger partial charge in [-0.25, -0.2) is 9.97 Å². The van der Waals surface area contributed by atoms with Crippen LogP contribution in [0.4, 0.5) is 5.82 Å². The first kappa shape index (κ1) is 21.5. The maximum Gasteiger partial charge on any atom is 0.238 e. The normalized spacial score (nSPS) is 19.9. The third-order valence-corrected chi connectivity index (χ3v) is 5.98. The van der Waals surface area contributed by atoms with Crippen LogP contribution in [0.1, 0.15) is 32.6 Å². The van der Waals surface area contributed by atoms with Crippen LogP contribution in [0.2, 0.25) is 5.15 Å². The molecule has 1 aliphatic carbocycles. The van der Waals surface area contributed by atoms with Crippen molar-refractivity contribution in [2.75, 3.05) is 19.4 Å². The second-order valence-corrected chi connectivity index (χ2v) is 8.72. The molecule has 31 heavy (non-hydrogen) atoms. The van der Waals surface area contributed by atoms with E-state index in [1.807, 2.05) is 25.3 Å². The second-order valence-electron chi connectivity index (χ2n) is 8.33. The van der Waals surface area contributed by atoms with Gasteiger partial charge in [0.2, 0.25) is 5.91 Å². The Bertz CT molecular complexity index is 1060. The molecule has 4 rings (SSSR count). The molecule has 3 aromatic heterocycles. The molecule has 1 saturated carbocycles. The smallest absolute Gasteiger partial charge is 0.238 e. The number of aromatic nitrogens is 4. The summed E-state index contributed by atoms with van der Waals surface area (Å²) in [5, 5.41) is 7.44. The lowest BCUT2D eigenvalue weighted by Gasteiger charge is -2.32. The van der Waals surface area contributed by atoms with Crippen molar-refractivity contribution in [1.82, 2.24) is 30.2 Å². The molecule has 1 amide bonds. The highest BCUT2D eigenvalue weighted by molar-refractivity contribution is 6.29. The van der Waals surface area contributed by atoms with E-state index in [-0.39, 0.29) is 11.9 Å². The number of halogens is 1. The zero-order chi connectivity index (χ0) is 22.0. The number of hydrogen-bond acceptors (Lipinski definition) is 6. The average molecular weight is 442 g/mol. The number of fused-ring (bicyclic) bond motifs is 1. The average Bonchev–Trinajstić information content (AvgIpc) is 3.18. The van der Waals surface area contributed by atoms with Crippen LogP contribution in [0.25, 0.3) is 22.3 Å². The summed E-state index contributed by atoms with van der Waals surface area (Å²) in [6.07, 6.45) is 9.26. The quantitative estimate of drug-likeness (QED) is 0.506. The lowest BCUT2D eigenvalue weighted by molar-refractivity contribution is -0.130. The maximum absolute atomic E-state index is 12.1. The first-order valence-electron chi connectivity index (χ1n) is 10.6. The van der Waals surface area contributed by atoms with Gasteiger partial charge in [0.05, 0.1) is 6.04 Å². The molecule has 3 heterocycles. The van der Waals surface area contributed by atoms with Crippen molar-refractivity contribution in [2.24, 2.45) is 0 Å². The lowest BCUT2D eigenvalue weighted by atomic mass is 9.90. The summed E-state index contributed by atoms with van der Waals surface area (Å²) >= 11 is 6.33. The number of nitrogens with zero attached hydrogens (tertiary/aromatic N) is 4. The van der Waals surface area contributed by atoms with Crippen LogP contribution >= 0.6 is 11.6 Å². The number of aromatic amines is 1. The van der Waals surface area contributed by atoms with Gasteiger partial charge in [0, 0.05) is 50.3 Å². The van der Waals surface area contributed by atoms with E-state index in [2.05, 4.69) is 30.6 Å². The van der Waals surface area contributed by atoms with Gasteiger partial charge in [-0.05, 0) is 50.3 Å². The summed E-state index contributed by atoms with van der Waals surface area (Å²) in [4.78, 5) is 30.1. The topological polar surface area (TPSA) is 98.8 Å². The van der Waals surface area contributed by atoms with E-state index in [4.69, 9.17) is 11.6 Å². The minimum atomic E-state index is -0.166.